The molecule has 0 saturated carbocycles. The van der Waals surface area contributed by atoms with Crippen molar-refractivity contribution in [1.29, 1.82) is 0 Å². The third-order valence-corrected chi connectivity index (χ3v) is 7.61. The molecule has 1 N–H and O–H groups in total. The Morgan fingerprint density at radius 2 is 2.00 bits per heavy atom. The lowest BCUT2D eigenvalue weighted by molar-refractivity contribution is -0.123. The van der Waals surface area contributed by atoms with Crippen molar-refractivity contribution in [2.75, 3.05) is 29.6 Å². The van der Waals surface area contributed by atoms with Crippen molar-refractivity contribution in [1.82, 2.24) is 4.90 Å². The number of ether oxygens (including phenoxy) is 1. The molecule has 1 fully saturated rings. The van der Waals surface area contributed by atoms with Gasteiger partial charge in [0.05, 0.1) is 19.3 Å². The number of rotatable bonds is 4. The van der Waals surface area contributed by atoms with E-state index in [1.54, 1.807) is 65.4 Å². The fourth-order valence-corrected chi connectivity index (χ4v) is 6.10. The standard InChI is InChI=1S/C25H21ClFN3O3S/c1-33-20-8-9-22-21(14-20)25(23(31)29(22)15-16-4-2-6-18(27)12-16)30(10-11-34-25)24(32)28-19-7-3-5-17(26)13-19/h2-9,12-14H,10-11,15H2,1H3,(H,28,32). The van der Waals surface area contributed by atoms with Crippen LogP contribution in [0.25, 0.3) is 0 Å². The minimum absolute atomic E-state index is 0.183. The number of nitrogens with zero attached hydrogens (tertiary/aromatic N) is 2. The van der Waals surface area contributed by atoms with Crippen molar-refractivity contribution in [3.05, 3.63) is 88.7 Å². The van der Waals surface area contributed by atoms with E-state index >= 15 is 0 Å². The summed E-state index contributed by atoms with van der Waals surface area (Å²) in [7, 11) is 1.56. The first-order chi connectivity index (χ1) is 16.4. The minimum atomic E-state index is -1.25. The number of thioether (sulfide) groups is 1. The Hall–Kier alpha value is -3.23. The SMILES string of the molecule is COc1ccc2c(c1)C1(SCCN1C(=O)Nc1cccc(Cl)c1)C(=O)N2Cc1cccc(F)c1. The fourth-order valence-electron chi connectivity index (χ4n) is 4.45. The van der Waals surface area contributed by atoms with Crippen molar-refractivity contribution in [3.8, 4) is 5.75 Å². The Bertz CT molecular complexity index is 1290. The highest BCUT2D eigenvalue weighted by molar-refractivity contribution is 8.01. The van der Waals surface area contributed by atoms with E-state index in [9.17, 15) is 14.0 Å². The van der Waals surface area contributed by atoms with E-state index < -0.39 is 10.9 Å². The van der Waals surface area contributed by atoms with Crippen LogP contribution in [0.4, 0.5) is 20.6 Å². The lowest BCUT2D eigenvalue weighted by Gasteiger charge is -2.33. The quantitative estimate of drug-likeness (QED) is 0.519. The maximum absolute atomic E-state index is 14.0. The molecule has 3 amide bonds. The normalized spacial score (nSPS) is 19.0. The van der Waals surface area contributed by atoms with E-state index in [1.165, 1.54) is 23.9 Å². The van der Waals surface area contributed by atoms with E-state index in [2.05, 4.69) is 5.32 Å². The Labute approximate surface area is 205 Å². The first-order valence-electron chi connectivity index (χ1n) is 10.7. The van der Waals surface area contributed by atoms with Crippen LogP contribution in [0, 0.1) is 5.82 Å². The Morgan fingerprint density at radius 3 is 2.76 bits per heavy atom. The molecule has 1 unspecified atom stereocenters. The zero-order valence-electron chi connectivity index (χ0n) is 18.3. The monoisotopic (exact) mass is 497 g/mol. The number of anilines is 2. The molecule has 174 valence electrons. The molecule has 3 aromatic rings. The van der Waals surface area contributed by atoms with Gasteiger partial charge in [-0.05, 0) is 54.1 Å². The maximum atomic E-state index is 14.0. The van der Waals surface area contributed by atoms with Crippen LogP contribution in [0.15, 0.2) is 66.7 Å². The molecule has 0 aromatic heterocycles. The second-order valence-corrected chi connectivity index (χ2v) is 9.71. The van der Waals surface area contributed by atoms with Crippen molar-refractivity contribution in [2.24, 2.45) is 0 Å². The summed E-state index contributed by atoms with van der Waals surface area (Å²) in [6.07, 6.45) is 0. The average Bonchev–Trinajstić information content (AvgIpc) is 3.36. The molecule has 5 rings (SSSR count). The van der Waals surface area contributed by atoms with Crippen LogP contribution in [0.5, 0.6) is 5.75 Å². The van der Waals surface area contributed by atoms with Gasteiger partial charge in [-0.25, -0.2) is 9.18 Å². The molecule has 1 atom stereocenters. The maximum Gasteiger partial charge on any atom is 0.323 e. The summed E-state index contributed by atoms with van der Waals surface area (Å²) in [5.74, 6) is 0.552. The highest BCUT2D eigenvalue weighted by Crippen LogP contribution is 2.55. The second-order valence-electron chi connectivity index (χ2n) is 7.99. The largest absolute Gasteiger partial charge is 0.497 e. The highest BCUT2D eigenvalue weighted by Gasteiger charge is 2.59. The van der Waals surface area contributed by atoms with E-state index in [0.717, 1.165) is 0 Å². The second kappa shape index (κ2) is 8.85. The Morgan fingerprint density at radius 1 is 1.18 bits per heavy atom. The van der Waals surface area contributed by atoms with Gasteiger partial charge in [-0.1, -0.05) is 29.8 Å². The third kappa shape index (κ3) is 3.76. The zero-order chi connectivity index (χ0) is 23.9. The number of carbonyl (C=O) groups excluding carboxylic acids is 2. The van der Waals surface area contributed by atoms with E-state index in [0.29, 0.717) is 45.6 Å². The highest BCUT2D eigenvalue weighted by atomic mass is 35.5. The van der Waals surface area contributed by atoms with Crippen LogP contribution in [0.2, 0.25) is 5.02 Å². The fraction of sp³-hybridized carbons (Fsp3) is 0.200. The van der Waals surface area contributed by atoms with Gasteiger partial charge < -0.3 is 15.0 Å². The number of hydrogen-bond acceptors (Lipinski definition) is 4. The minimum Gasteiger partial charge on any atom is -0.497 e. The first kappa shape index (κ1) is 22.6. The van der Waals surface area contributed by atoms with Gasteiger partial charge in [0.25, 0.3) is 5.91 Å². The molecule has 2 aliphatic rings. The van der Waals surface area contributed by atoms with Crippen molar-refractivity contribution in [3.63, 3.8) is 0 Å². The summed E-state index contributed by atoms with van der Waals surface area (Å²) in [5, 5.41) is 3.36. The van der Waals surface area contributed by atoms with E-state index in [4.69, 9.17) is 16.3 Å². The summed E-state index contributed by atoms with van der Waals surface area (Å²) >= 11 is 7.48. The number of hydrogen-bond donors (Lipinski definition) is 1. The number of urea groups is 1. The molecule has 6 nitrogen and oxygen atoms in total. The molecule has 1 saturated heterocycles. The molecule has 0 radical (unpaired) electrons. The number of nitrogens with one attached hydrogen (secondary N) is 1. The van der Waals surface area contributed by atoms with Crippen LogP contribution in [-0.4, -0.2) is 36.2 Å². The van der Waals surface area contributed by atoms with E-state index in [1.807, 2.05) is 6.07 Å². The van der Waals surface area contributed by atoms with Crippen molar-refractivity contribution < 1.29 is 18.7 Å². The number of halogens is 2. The molecule has 2 heterocycles. The summed E-state index contributed by atoms with van der Waals surface area (Å²) < 4.78 is 19.3. The van der Waals surface area contributed by atoms with Crippen molar-refractivity contribution in [2.45, 2.75) is 11.4 Å². The number of amides is 3. The molecule has 0 bridgehead atoms. The van der Waals surface area contributed by atoms with Crippen LogP contribution in [0.1, 0.15) is 11.1 Å². The summed E-state index contributed by atoms with van der Waals surface area (Å²) in [5.41, 5.74) is 2.55. The smallest absolute Gasteiger partial charge is 0.323 e. The van der Waals surface area contributed by atoms with Gasteiger partial charge in [-0.2, -0.15) is 0 Å². The van der Waals surface area contributed by atoms with E-state index in [-0.39, 0.29) is 18.3 Å². The lowest BCUT2D eigenvalue weighted by atomic mass is 10.1. The van der Waals surface area contributed by atoms with Gasteiger partial charge >= 0.3 is 6.03 Å². The number of benzene rings is 3. The zero-order valence-corrected chi connectivity index (χ0v) is 19.8. The predicted molar refractivity (Wildman–Crippen MR) is 132 cm³/mol. The van der Waals surface area contributed by atoms with Crippen molar-refractivity contribution >= 4 is 46.7 Å². The molecular weight excluding hydrogens is 477 g/mol. The summed E-state index contributed by atoms with van der Waals surface area (Å²) in [6, 6.07) is 18.0. The van der Waals surface area contributed by atoms with Crippen LogP contribution in [0.3, 0.4) is 0 Å². The molecule has 3 aromatic carbocycles. The lowest BCUT2D eigenvalue weighted by Crippen LogP contribution is -2.51. The van der Waals surface area contributed by atoms with Crippen LogP contribution < -0.4 is 15.0 Å². The Kier molecular flexibility index (Phi) is 5.87. The molecule has 34 heavy (non-hydrogen) atoms. The van der Waals surface area contributed by atoms with Gasteiger partial charge in [-0.15, -0.1) is 11.8 Å². The summed E-state index contributed by atoms with van der Waals surface area (Å²) in [4.78, 5) is 29.4. The predicted octanol–water partition coefficient (Wildman–Crippen LogP) is 5.47. The van der Waals surface area contributed by atoms with Gasteiger partial charge in [0.1, 0.15) is 11.6 Å². The van der Waals surface area contributed by atoms with Gasteiger partial charge in [0.2, 0.25) is 0 Å². The van der Waals surface area contributed by atoms with Gasteiger partial charge in [-0.3, -0.25) is 9.69 Å². The topological polar surface area (TPSA) is 61.9 Å². The third-order valence-electron chi connectivity index (χ3n) is 5.95. The van der Waals surface area contributed by atoms with Gasteiger partial charge in [0, 0.05) is 28.6 Å². The molecule has 1 spiro atoms. The molecule has 2 aliphatic heterocycles. The first-order valence-corrected chi connectivity index (χ1v) is 12.0. The number of carbonyl (C=O) groups is 2. The molecular formula is C25H21ClFN3O3S. The summed E-state index contributed by atoms with van der Waals surface area (Å²) in [6.45, 7) is 0.565. The van der Waals surface area contributed by atoms with Crippen LogP contribution >= 0.6 is 23.4 Å². The Balaban J connectivity index is 1.55. The van der Waals surface area contributed by atoms with Crippen LogP contribution in [-0.2, 0) is 16.2 Å². The number of fused-ring (bicyclic) bond motifs is 2. The molecule has 9 heteroatoms. The average molecular weight is 498 g/mol. The molecule has 0 aliphatic carbocycles. The number of methoxy groups -OCH3 is 1. The van der Waals surface area contributed by atoms with Gasteiger partial charge in [0.15, 0.2) is 4.87 Å².